The van der Waals surface area contributed by atoms with Crippen molar-refractivity contribution in [2.24, 2.45) is 4.99 Å². The average Bonchev–Trinajstić information content (AvgIpc) is 2.79. The van der Waals surface area contributed by atoms with Crippen LogP contribution in [0.15, 0.2) is 4.99 Å². The maximum absolute atomic E-state index is 4.24. The topological polar surface area (TPSA) is 39.7 Å². The molecule has 19 heavy (non-hydrogen) atoms. The fourth-order valence-electron chi connectivity index (χ4n) is 2.41. The predicted octanol–water partition coefficient (Wildman–Crippen LogP) is 2.44. The normalized spacial score (nSPS) is 17.5. The van der Waals surface area contributed by atoms with E-state index < -0.39 is 0 Å². The number of guanidine groups is 1. The Hall–Kier alpha value is -0.0400. The van der Waals surface area contributed by atoms with E-state index in [4.69, 9.17) is 0 Å². The molecule has 0 aromatic heterocycles. The van der Waals surface area contributed by atoms with E-state index in [-0.39, 0.29) is 29.5 Å². The molecule has 4 nitrogen and oxygen atoms in total. The van der Waals surface area contributed by atoms with Gasteiger partial charge in [-0.1, -0.05) is 12.8 Å². The Morgan fingerprint density at radius 3 is 2.32 bits per heavy atom. The minimum Gasteiger partial charge on any atom is -0.355 e. The van der Waals surface area contributed by atoms with Crippen LogP contribution in [0.1, 0.15) is 46.5 Å². The number of aliphatic imine (C=N–C) groups is 1. The Bertz CT molecular complexity index is 267. The molecule has 0 amide bonds. The van der Waals surface area contributed by atoms with Crippen LogP contribution < -0.4 is 10.6 Å². The molecule has 1 rings (SSSR count). The summed E-state index contributed by atoms with van der Waals surface area (Å²) in [5, 5.41) is 6.75. The largest absolute Gasteiger partial charge is 0.355 e. The smallest absolute Gasteiger partial charge is 0.191 e. The highest BCUT2D eigenvalue weighted by atomic mass is 127. The fourth-order valence-corrected chi connectivity index (χ4v) is 2.41. The number of hydrogen-bond donors (Lipinski definition) is 2. The molecule has 1 fully saturated rings. The standard InChI is InChI=1S/C14H30N4.HI/c1-14(2,3)17-13(15-4)16-10-11-18(5)12-8-6-7-9-12;/h12H,6-11H2,1-5H3,(H2,15,16,17);1H. The fraction of sp³-hybridized carbons (Fsp3) is 0.929. The van der Waals surface area contributed by atoms with Crippen molar-refractivity contribution < 1.29 is 0 Å². The van der Waals surface area contributed by atoms with E-state index in [9.17, 15) is 0 Å². The zero-order valence-electron chi connectivity index (χ0n) is 13.1. The lowest BCUT2D eigenvalue weighted by molar-refractivity contribution is 0.249. The third kappa shape index (κ3) is 7.97. The van der Waals surface area contributed by atoms with Crippen molar-refractivity contribution in [2.45, 2.75) is 58.0 Å². The molecule has 0 saturated heterocycles. The highest BCUT2D eigenvalue weighted by molar-refractivity contribution is 14.0. The van der Waals surface area contributed by atoms with Gasteiger partial charge in [-0.3, -0.25) is 4.99 Å². The van der Waals surface area contributed by atoms with Crippen LogP contribution in [0.2, 0.25) is 0 Å². The van der Waals surface area contributed by atoms with Gasteiger partial charge in [0.05, 0.1) is 0 Å². The van der Waals surface area contributed by atoms with Crippen molar-refractivity contribution in [3.8, 4) is 0 Å². The lowest BCUT2D eigenvalue weighted by Crippen LogP contribution is -2.49. The maximum atomic E-state index is 4.24. The first-order valence-electron chi connectivity index (χ1n) is 7.11. The Kier molecular flexibility index (Phi) is 8.98. The van der Waals surface area contributed by atoms with Crippen LogP contribution in [0.3, 0.4) is 0 Å². The summed E-state index contributed by atoms with van der Waals surface area (Å²) in [7, 11) is 4.05. The van der Waals surface area contributed by atoms with Crippen LogP contribution >= 0.6 is 24.0 Å². The van der Waals surface area contributed by atoms with Gasteiger partial charge < -0.3 is 15.5 Å². The number of nitrogens with zero attached hydrogens (tertiary/aromatic N) is 2. The van der Waals surface area contributed by atoms with Crippen LogP contribution in [0, 0.1) is 0 Å². The van der Waals surface area contributed by atoms with Crippen molar-refractivity contribution >= 4 is 29.9 Å². The Balaban J connectivity index is 0.00000324. The Labute approximate surface area is 135 Å². The summed E-state index contributed by atoms with van der Waals surface area (Å²) in [6, 6.07) is 0.796. The minimum absolute atomic E-state index is 0. The maximum Gasteiger partial charge on any atom is 0.191 e. The highest BCUT2D eigenvalue weighted by Gasteiger charge is 2.19. The molecule has 0 atom stereocenters. The predicted molar refractivity (Wildman–Crippen MR) is 94.6 cm³/mol. The Morgan fingerprint density at radius 1 is 1.26 bits per heavy atom. The summed E-state index contributed by atoms with van der Waals surface area (Å²) in [6.45, 7) is 8.46. The molecule has 0 unspecified atom stereocenters. The van der Waals surface area contributed by atoms with Gasteiger partial charge in [0, 0.05) is 31.7 Å². The van der Waals surface area contributed by atoms with Crippen LogP contribution in [0.4, 0.5) is 0 Å². The van der Waals surface area contributed by atoms with Crippen molar-refractivity contribution in [1.29, 1.82) is 0 Å². The summed E-state index contributed by atoms with van der Waals surface area (Å²) in [6.07, 6.45) is 5.53. The van der Waals surface area contributed by atoms with E-state index in [1.807, 2.05) is 7.05 Å². The molecular formula is C14H31IN4. The van der Waals surface area contributed by atoms with Gasteiger partial charge in [-0.15, -0.1) is 24.0 Å². The summed E-state index contributed by atoms with van der Waals surface area (Å²) >= 11 is 0. The average molecular weight is 382 g/mol. The summed E-state index contributed by atoms with van der Waals surface area (Å²) in [5.41, 5.74) is 0.0548. The SMILES string of the molecule is CN=C(NCCN(C)C1CCCC1)NC(C)(C)C.I. The number of halogens is 1. The van der Waals surface area contributed by atoms with Crippen molar-refractivity contribution in [3.63, 3.8) is 0 Å². The third-order valence-electron chi connectivity index (χ3n) is 3.42. The second-order valence-corrected chi connectivity index (χ2v) is 6.29. The first-order chi connectivity index (χ1) is 8.42. The van der Waals surface area contributed by atoms with Crippen LogP contribution in [0.25, 0.3) is 0 Å². The van der Waals surface area contributed by atoms with Crippen molar-refractivity contribution in [1.82, 2.24) is 15.5 Å². The highest BCUT2D eigenvalue weighted by Crippen LogP contribution is 2.21. The Morgan fingerprint density at radius 2 is 1.84 bits per heavy atom. The molecule has 0 aliphatic heterocycles. The van der Waals surface area contributed by atoms with Gasteiger partial charge in [0.1, 0.15) is 0 Å². The van der Waals surface area contributed by atoms with E-state index in [1.54, 1.807) is 0 Å². The quantitative estimate of drug-likeness (QED) is 0.446. The molecule has 0 aromatic carbocycles. The second kappa shape index (κ2) is 9.00. The lowest BCUT2D eigenvalue weighted by Gasteiger charge is -2.26. The van der Waals surface area contributed by atoms with Crippen molar-refractivity contribution in [3.05, 3.63) is 0 Å². The number of likely N-dealkylation sites (N-methyl/N-ethyl adjacent to an activating group) is 1. The van der Waals surface area contributed by atoms with Gasteiger partial charge in [-0.05, 0) is 40.7 Å². The molecule has 0 radical (unpaired) electrons. The van der Waals surface area contributed by atoms with E-state index in [1.165, 1.54) is 25.7 Å². The molecule has 1 aliphatic rings. The first kappa shape index (κ1) is 19.0. The molecule has 0 spiro atoms. The van der Waals surface area contributed by atoms with Gasteiger partial charge in [-0.25, -0.2) is 0 Å². The van der Waals surface area contributed by atoms with E-state index in [0.717, 1.165) is 25.1 Å². The molecule has 5 heteroatoms. The molecule has 0 aromatic rings. The second-order valence-electron chi connectivity index (χ2n) is 6.29. The van der Waals surface area contributed by atoms with Gasteiger partial charge >= 0.3 is 0 Å². The summed E-state index contributed by atoms with van der Waals surface area (Å²) < 4.78 is 0. The van der Waals surface area contributed by atoms with E-state index >= 15 is 0 Å². The van der Waals surface area contributed by atoms with Crippen molar-refractivity contribution in [2.75, 3.05) is 27.2 Å². The molecule has 1 saturated carbocycles. The van der Waals surface area contributed by atoms with E-state index in [0.29, 0.717) is 0 Å². The van der Waals surface area contributed by atoms with Gasteiger partial charge in [0.2, 0.25) is 0 Å². The molecule has 2 N–H and O–H groups in total. The monoisotopic (exact) mass is 382 g/mol. The van der Waals surface area contributed by atoms with Crippen LogP contribution in [-0.2, 0) is 0 Å². The lowest BCUT2D eigenvalue weighted by atomic mass is 10.1. The summed E-state index contributed by atoms with van der Waals surface area (Å²) in [5.74, 6) is 0.891. The number of nitrogens with one attached hydrogen (secondary N) is 2. The molecule has 0 heterocycles. The first-order valence-corrected chi connectivity index (χ1v) is 7.11. The molecule has 1 aliphatic carbocycles. The van der Waals surface area contributed by atoms with Gasteiger partial charge in [0.25, 0.3) is 0 Å². The number of hydrogen-bond acceptors (Lipinski definition) is 2. The summed E-state index contributed by atoms with van der Waals surface area (Å²) in [4.78, 5) is 6.72. The third-order valence-corrected chi connectivity index (χ3v) is 3.42. The molecule has 114 valence electrons. The molecule has 0 bridgehead atoms. The van der Waals surface area contributed by atoms with E-state index in [2.05, 4.69) is 48.3 Å². The minimum atomic E-state index is 0. The molecular weight excluding hydrogens is 351 g/mol. The van der Waals surface area contributed by atoms with Crippen LogP contribution in [0.5, 0.6) is 0 Å². The van der Waals surface area contributed by atoms with Gasteiger partial charge in [0.15, 0.2) is 5.96 Å². The van der Waals surface area contributed by atoms with Gasteiger partial charge in [-0.2, -0.15) is 0 Å². The number of rotatable bonds is 4. The van der Waals surface area contributed by atoms with Crippen LogP contribution in [-0.4, -0.2) is 49.6 Å². The zero-order chi connectivity index (χ0) is 13.6. The zero-order valence-corrected chi connectivity index (χ0v) is 15.5.